The van der Waals surface area contributed by atoms with Gasteiger partial charge in [0.2, 0.25) is 0 Å². The second kappa shape index (κ2) is 4.80. The van der Waals surface area contributed by atoms with Gasteiger partial charge in [-0.25, -0.2) is 4.98 Å². The number of piperazine rings is 1. The van der Waals surface area contributed by atoms with Crippen LogP contribution >= 0.6 is 0 Å². The maximum Gasteiger partial charge on any atom is 0.192 e. The molecule has 1 aromatic heterocycles. The van der Waals surface area contributed by atoms with Gasteiger partial charge in [-0.2, -0.15) is 4.99 Å². The van der Waals surface area contributed by atoms with Crippen molar-refractivity contribution in [2.45, 2.75) is 0 Å². The highest BCUT2D eigenvalue weighted by Crippen LogP contribution is 2.25. The molecule has 0 radical (unpaired) electrons. The number of anilines is 1. The summed E-state index contributed by atoms with van der Waals surface area (Å²) in [6.45, 7) is 3.82. The zero-order valence-electron chi connectivity index (χ0n) is 9.06. The van der Waals surface area contributed by atoms with E-state index in [-0.39, 0.29) is 5.96 Å². The fourth-order valence-corrected chi connectivity index (χ4v) is 1.75. The molecule has 2 rings (SSSR count). The molecule has 6 nitrogen and oxygen atoms in total. The summed E-state index contributed by atoms with van der Waals surface area (Å²) in [7, 11) is 0. The number of aromatic nitrogens is 1. The Morgan fingerprint density at radius 2 is 2.12 bits per heavy atom. The second-order valence-electron chi connectivity index (χ2n) is 3.62. The Morgan fingerprint density at radius 1 is 1.38 bits per heavy atom. The minimum Gasteiger partial charge on any atom is -0.370 e. The van der Waals surface area contributed by atoms with Crippen molar-refractivity contribution in [2.24, 2.45) is 16.5 Å². The summed E-state index contributed by atoms with van der Waals surface area (Å²) in [6.07, 6.45) is 1.69. The third kappa shape index (κ3) is 2.40. The molecule has 1 aliphatic heterocycles. The van der Waals surface area contributed by atoms with Gasteiger partial charge in [-0.1, -0.05) is 0 Å². The van der Waals surface area contributed by atoms with Gasteiger partial charge in [0.15, 0.2) is 11.8 Å². The first-order valence-electron chi connectivity index (χ1n) is 5.27. The van der Waals surface area contributed by atoms with E-state index in [4.69, 9.17) is 11.5 Å². The van der Waals surface area contributed by atoms with Crippen LogP contribution in [-0.2, 0) is 0 Å². The highest BCUT2D eigenvalue weighted by Gasteiger charge is 2.14. The third-order valence-corrected chi connectivity index (χ3v) is 2.46. The van der Waals surface area contributed by atoms with Crippen LogP contribution in [0.3, 0.4) is 0 Å². The molecule has 0 atom stereocenters. The van der Waals surface area contributed by atoms with Gasteiger partial charge in [0.1, 0.15) is 0 Å². The molecule has 86 valence electrons. The number of nitrogens with zero attached hydrogens (tertiary/aromatic N) is 3. The summed E-state index contributed by atoms with van der Waals surface area (Å²) in [5.41, 5.74) is 11.7. The number of hydrogen-bond acceptors (Lipinski definition) is 4. The quantitative estimate of drug-likeness (QED) is 0.457. The topological polar surface area (TPSA) is 92.6 Å². The summed E-state index contributed by atoms with van der Waals surface area (Å²) >= 11 is 0. The van der Waals surface area contributed by atoms with Crippen LogP contribution in [0.25, 0.3) is 0 Å². The van der Waals surface area contributed by atoms with Crippen molar-refractivity contribution in [3.8, 4) is 0 Å². The molecule has 1 aromatic rings. The molecule has 5 N–H and O–H groups in total. The summed E-state index contributed by atoms with van der Waals surface area (Å²) in [5.74, 6) is 0.625. The van der Waals surface area contributed by atoms with Crippen molar-refractivity contribution in [1.29, 1.82) is 0 Å². The Balaban J connectivity index is 2.28. The standard InChI is InChI=1S/C10H16N6/c11-10(12)15-9-8(2-1-3-14-9)16-6-4-13-5-7-16/h1-3,13H,4-7H2,(H4,11,12,14,15). The molecule has 16 heavy (non-hydrogen) atoms. The fraction of sp³-hybridized carbons (Fsp3) is 0.400. The fourth-order valence-electron chi connectivity index (χ4n) is 1.75. The molecule has 0 spiro atoms. The third-order valence-electron chi connectivity index (χ3n) is 2.46. The van der Waals surface area contributed by atoms with Crippen LogP contribution < -0.4 is 21.7 Å². The number of aliphatic imine (C=N–C) groups is 1. The van der Waals surface area contributed by atoms with Crippen molar-refractivity contribution < 1.29 is 0 Å². The molecule has 0 bridgehead atoms. The smallest absolute Gasteiger partial charge is 0.192 e. The van der Waals surface area contributed by atoms with Crippen LogP contribution in [0, 0.1) is 0 Å². The summed E-state index contributed by atoms with van der Waals surface area (Å²) in [4.78, 5) is 10.4. The first-order chi connectivity index (χ1) is 7.77. The number of guanidine groups is 1. The van der Waals surface area contributed by atoms with Crippen molar-refractivity contribution in [3.63, 3.8) is 0 Å². The molecule has 2 heterocycles. The zero-order chi connectivity index (χ0) is 11.4. The van der Waals surface area contributed by atoms with Crippen LogP contribution in [0.4, 0.5) is 11.5 Å². The van der Waals surface area contributed by atoms with Crippen LogP contribution in [0.5, 0.6) is 0 Å². The molecule has 1 aliphatic rings. The van der Waals surface area contributed by atoms with Crippen LogP contribution in [0.2, 0.25) is 0 Å². The van der Waals surface area contributed by atoms with Gasteiger partial charge in [-0.3, -0.25) is 0 Å². The van der Waals surface area contributed by atoms with E-state index < -0.39 is 0 Å². The van der Waals surface area contributed by atoms with E-state index >= 15 is 0 Å². The lowest BCUT2D eigenvalue weighted by molar-refractivity contribution is 0.589. The lowest BCUT2D eigenvalue weighted by Gasteiger charge is -2.29. The summed E-state index contributed by atoms with van der Waals surface area (Å²) < 4.78 is 0. The number of pyridine rings is 1. The largest absolute Gasteiger partial charge is 0.370 e. The van der Waals surface area contributed by atoms with E-state index in [2.05, 4.69) is 20.2 Å². The van der Waals surface area contributed by atoms with Crippen molar-refractivity contribution in [1.82, 2.24) is 10.3 Å². The maximum atomic E-state index is 5.38. The number of nitrogens with one attached hydrogen (secondary N) is 1. The van der Waals surface area contributed by atoms with E-state index in [0.717, 1.165) is 31.9 Å². The monoisotopic (exact) mass is 220 g/mol. The average Bonchev–Trinajstić information content (AvgIpc) is 2.30. The van der Waals surface area contributed by atoms with Crippen molar-refractivity contribution >= 4 is 17.5 Å². The van der Waals surface area contributed by atoms with Crippen molar-refractivity contribution in [2.75, 3.05) is 31.1 Å². The number of nitrogens with two attached hydrogens (primary N) is 2. The van der Waals surface area contributed by atoms with Crippen LogP contribution in [0.1, 0.15) is 0 Å². The molecular weight excluding hydrogens is 204 g/mol. The Hall–Kier alpha value is -1.82. The molecule has 0 aromatic carbocycles. The minimum absolute atomic E-state index is 0.0371. The maximum absolute atomic E-state index is 5.38. The SMILES string of the molecule is NC(N)=Nc1ncccc1N1CCNCC1. The van der Waals surface area contributed by atoms with Gasteiger partial charge in [0.25, 0.3) is 0 Å². The Labute approximate surface area is 94.4 Å². The number of rotatable bonds is 2. The normalized spacial score (nSPS) is 15.9. The summed E-state index contributed by atoms with van der Waals surface area (Å²) in [6, 6.07) is 3.88. The average molecular weight is 220 g/mol. The predicted molar refractivity (Wildman–Crippen MR) is 64.8 cm³/mol. The van der Waals surface area contributed by atoms with E-state index in [1.807, 2.05) is 12.1 Å². The van der Waals surface area contributed by atoms with E-state index in [1.165, 1.54) is 0 Å². The molecular formula is C10H16N6. The Morgan fingerprint density at radius 3 is 2.81 bits per heavy atom. The first-order valence-corrected chi connectivity index (χ1v) is 5.27. The molecule has 6 heteroatoms. The van der Waals surface area contributed by atoms with Crippen LogP contribution in [-0.4, -0.2) is 37.1 Å². The zero-order valence-corrected chi connectivity index (χ0v) is 9.06. The molecule has 1 saturated heterocycles. The van der Waals surface area contributed by atoms with Crippen LogP contribution in [0.15, 0.2) is 23.3 Å². The van der Waals surface area contributed by atoms with Gasteiger partial charge in [-0.15, -0.1) is 0 Å². The van der Waals surface area contributed by atoms with Crippen molar-refractivity contribution in [3.05, 3.63) is 18.3 Å². The second-order valence-corrected chi connectivity index (χ2v) is 3.62. The lowest BCUT2D eigenvalue weighted by atomic mass is 10.3. The van der Waals surface area contributed by atoms with Gasteiger partial charge in [0, 0.05) is 32.4 Å². The molecule has 0 aliphatic carbocycles. The Bertz CT molecular complexity index is 379. The molecule has 0 saturated carbocycles. The van der Waals surface area contributed by atoms with E-state index in [1.54, 1.807) is 6.20 Å². The predicted octanol–water partition coefficient (Wildman–Crippen LogP) is -0.604. The number of hydrogen-bond donors (Lipinski definition) is 3. The van der Waals surface area contributed by atoms with Gasteiger partial charge >= 0.3 is 0 Å². The van der Waals surface area contributed by atoms with E-state index in [0.29, 0.717) is 5.82 Å². The molecule has 0 amide bonds. The highest BCUT2D eigenvalue weighted by atomic mass is 15.2. The van der Waals surface area contributed by atoms with Gasteiger partial charge in [0.05, 0.1) is 5.69 Å². The molecule has 1 fully saturated rings. The lowest BCUT2D eigenvalue weighted by Crippen LogP contribution is -2.43. The van der Waals surface area contributed by atoms with Gasteiger partial charge in [-0.05, 0) is 12.1 Å². The van der Waals surface area contributed by atoms with Gasteiger partial charge < -0.3 is 21.7 Å². The summed E-state index contributed by atoms with van der Waals surface area (Å²) in [5, 5.41) is 3.30. The Kier molecular flexibility index (Phi) is 3.21. The first kappa shape index (κ1) is 10.7. The molecule has 0 unspecified atom stereocenters. The van der Waals surface area contributed by atoms with E-state index in [9.17, 15) is 0 Å². The highest BCUT2D eigenvalue weighted by molar-refractivity contribution is 5.81. The minimum atomic E-state index is 0.0371.